The minimum Gasteiger partial charge on any atom is -0.481 e. The average molecular weight is 283 g/mol. The van der Waals surface area contributed by atoms with Crippen molar-refractivity contribution in [3.05, 3.63) is 0 Å². The Hall–Kier alpha value is -1.26. The van der Waals surface area contributed by atoms with Gasteiger partial charge in [-0.3, -0.25) is 4.79 Å². The Kier molecular flexibility index (Phi) is 4.25. The molecule has 2 rings (SSSR count). The molecule has 1 aliphatic heterocycles. The Bertz CT molecular complexity index is 388. The molecule has 20 heavy (non-hydrogen) atoms. The molecule has 1 saturated heterocycles. The first-order valence-corrected chi connectivity index (χ1v) is 7.47. The van der Waals surface area contributed by atoms with Crippen LogP contribution in [0.2, 0.25) is 0 Å². The molecule has 5 nitrogen and oxygen atoms in total. The fourth-order valence-electron chi connectivity index (χ4n) is 3.33. The van der Waals surface area contributed by atoms with Crippen molar-refractivity contribution in [2.24, 2.45) is 17.8 Å². The van der Waals surface area contributed by atoms with Gasteiger partial charge >= 0.3 is 12.1 Å². The lowest BCUT2D eigenvalue weighted by atomic mass is 9.71. The van der Waals surface area contributed by atoms with E-state index in [2.05, 4.69) is 0 Å². The third-order valence-electron chi connectivity index (χ3n) is 4.37. The Labute approximate surface area is 120 Å². The number of carboxylic acid groups (broad SMARTS) is 1. The fourth-order valence-corrected chi connectivity index (χ4v) is 3.33. The van der Waals surface area contributed by atoms with Crippen LogP contribution in [0.5, 0.6) is 0 Å². The SMILES string of the molecule is CC(C)(C)OC(=O)N1CC[C@@H]2C[C@@H](C(=O)O)CC[C@@H]2C1. The van der Waals surface area contributed by atoms with Gasteiger partial charge in [-0.25, -0.2) is 4.79 Å². The first kappa shape index (κ1) is 15.1. The van der Waals surface area contributed by atoms with E-state index in [1.165, 1.54) is 0 Å². The number of piperidine rings is 1. The number of rotatable bonds is 1. The van der Waals surface area contributed by atoms with Crippen molar-refractivity contribution in [3.63, 3.8) is 0 Å². The Morgan fingerprint density at radius 2 is 1.85 bits per heavy atom. The molecule has 1 N–H and O–H groups in total. The summed E-state index contributed by atoms with van der Waals surface area (Å²) >= 11 is 0. The highest BCUT2D eigenvalue weighted by Gasteiger charge is 2.39. The fraction of sp³-hybridized carbons (Fsp3) is 0.867. The molecule has 5 heteroatoms. The van der Waals surface area contributed by atoms with Crippen molar-refractivity contribution < 1.29 is 19.4 Å². The minimum atomic E-state index is -0.668. The zero-order valence-electron chi connectivity index (χ0n) is 12.6. The molecular weight excluding hydrogens is 258 g/mol. The second kappa shape index (κ2) is 5.62. The summed E-state index contributed by atoms with van der Waals surface area (Å²) in [4.78, 5) is 24.9. The van der Waals surface area contributed by atoms with Gasteiger partial charge in [0.05, 0.1) is 5.92 Å². The van der Waals surface area contributed by atoms with E-state index in [-0.39, 0.29) is 12.0 Å². The zero-order valence-corrected chi connectivity index (χ0v) is 12.6. The predicted molar refractivity (Wildman–Crippen MR) is 74.4 cm³/mol. The molecule has 3 atom stereocenters. The average Bonchev–Trinajstić information content (AvgIpc) is 2.35. The summed E-state index contributed by atoms with van der Waals surface area (Å²) in [7, 11) is 0. The van der Waals surface area contributed by atoms with Crippen molar-refractivity contribution in [3.8, 4) is 0 Å². The third kappa shape index (κ3) is 3.64. The van der Waals surface area contributed by atoms with E-state index in [9.17, 15) is 9.59 Å². The highest BCUT2D eigenvalue weighted by atomic mass is 16.6. The van der Waals surface area contributed by atoms with Crippen molar-refractivity contribution >= 4 is 12.1 Å². The summed E-state index contributed by atoms with van der Waals surface area (Å²) in [5.74, 6) is 0.0257. The number of carboxylic acids is 1. The molecule has 1 aliphatic carbocycles. The Balaban J connectivity index is 1.90. The van der Waals surface area contributed by atoms with Crippen LogP contribution in [0, 0.1) is 17.8 Å². The molecular formula is C15H25NO4. The molecule has 0 unspecified atom stereocenters. The van der Waals surface area contributed by atoms with Gasteiger partial charge in [-0.15, -0.1) is 0 Å². The molecule has 1 saturated carbocycles. The maximum atomic E-state index is 12.1. The Morgan fingerprint density at radius 3 is 2.45 bits per heavy atom. The lowest BCUT2D eigenvalue weighted by Crippen LogP contribution is -2.47. The zero-order chi connectivity index (χ0) is 14.9. The van der Waals surface area contributed by atoms with Gasteiger partial charge in [-0.05, 0) is 58.3 Å². The quantitative estimate of drug-likeness (QED) is 0.803. The summed E-state index contributed by atoms with van der Waals surface area (Å²) in [6.45, 7) is 7.01. The van der Waals surface area contributed by atoms with Crippen LogP contribution in [0.1, 0.15) is 46.5 Å². The van der Waals surface area contributed by atoms with Crippen LogP contribution < -0.4 is 0 Å². The molecule has 0 aromatic carbocycles. The number of carbonyl (C=O) groups excluding carboxylic acids is 1. The summed E-state index contributed by atoms with van der Waals surface area (Å²) < 4.78 is 5.41. The van der Waals surface area contributed by atoms with Crippen molar-refractivity contribution in [1.82, 2.24) is 4.90 Å². The van der Waals surface area contributed by atoms with E-state index < -0.39 is 11.6 Å². The molecule has 0 bridgehead atoms. The van der Waals surface area contributed by atoms with Gasteiger partial charge in [-0.2, -0.15) is 0 Å². The third-order valence-corrected chi connectivity index (χ3v) is 4.37. The molecule has 0 radical (unpaired) electrons. The van der Waals surface area contributed by atoms with Gasteiger partial charge in [0, 0.05) is 13.1 Å². The van der Waals surface area contributed by atoms with E-state index in [0.717, 1.165) is 25.7 Å². The minimum absolute atomic E-state index is 0.190. The molecule has 2 aliphatic rings. The molecule has 0 spiro atoms. The summed E-state index contributed by atoms with van der Waals surface area (Å²) in [6, 6.07) is 0. The second-order valence-corrected chi connectivity index (χ2v) is 7.08. The highest BCUT2D eigenvalue weighted by molar-refractivity contribution is 5.70. The maximum Gasteiger partial charge on any atom is 0.410 e. The van der Waals surface area contributed by atoms with Crippen LogP contribution >= 0.6 is 0 Å². The number of aliphatic carboxylic acids is 1. The van der Waals surface area contributed by atoms with Crippen LogP contribution in [0.15, 0.2) is 0 Å². The molecule has 0 aromatic rings. The number of fused-ring (bicyclic) bond motifs is 1. The number of ether oxygens (including phenoxy) is 1. The number of carbonyl (C=O) groups is 2. The maximum absolute atomic E-state index is 12.1. The van der Waals surface area contributed by atoms with E-state index in [1.54, 1.807) is 4.90 Å². The van der Waals surface area contributed by atoms with Crippen LogP contribution in [-0.4, -0.2) is 40.8 Å². The monoisotopic (exact) mass is 283 g/mol. The molecule has 114 valence electrons. The number of hydrogen-bond acceptors (Lipinski definition) is 3. The van der Waals surface area contributed by atoms with Gasteiger partial charge < -0.3 is 14.7 Å². The van der Waals surface area contributed by atoms with Crippen molar-refractivity contribution in [2.45, 2.75) is 52.1 Å². The first-order valence-electron chi connectivity index (χ1n) is 7.47. The predicted octanol–water partition coefficient (Wildman–Crippen LogP) is 2.74. The molecule has 2 fully saturated rings. The topological polar surface area (TPSA) is 66.8 Å². The summed E-state index contributed by atoms with van der Waals surface area (Å²) in [5, 5.41) is 9.11. The molecule has 1 amide bonds. The Morgan fingerprint density at radius 1 is 1.15 bits per heavy atom. The van der Waals surface area contributed by atoms with Gasteiger partial charge in [0.15, 0.2) is 0 Å². The smallest absolute Gasteiger partial charge is 0.410 e. The van der Waals surface area contributed by atoms with Gasteiger partial charge in [0.25, 0.3) is 0 Å². The normalized spacial score (nSPS) is 30.6. The van der Waals surface area contributed by atoms with Crippen LogP contribution in [0.3, 0.4) is 0 Å². The lowest BCUT2D eigenvalue weighted by Gasteiger charge is -2.42. The van der Waals surface area contributed by atoms with Crippen LogP contribution in [0.25, 0.3) is 0 Å². The molecule has 0 aromatic heterocycles. The largest absolute Gasteiger partial charge is 0.481 e. The van der Waals surface area contributed by atoms with Gasteiger partial charge in [0.2, 0.25) is 0 Å². The number of hydrogen-bond donors (Lipinski definition) is 1. The lowest BCUT2D eigenvalue weighted by molar-refractivity contribution is -0.144. The standard InChI is InChI=1S/C15H25NO4/c1-15(2,3)20-14(19)16-7-6-10-8-11(13(17)18)4-5-12(10)9-16/h10-12H,4-9H2,1-3H3,(H,17,18)/t10-,11+,12-/m1/s1. The van der Waals surface area contributed by atoms with Crippen LogP contribution in [-0.2, 0) is 9.53 Å². The van der Waals surface area contributed by atoms with E-state index in [0.29, 0.717) is 24.9 Å². The van der Waals surface area contributed by atoms with E-state index >= 15 is 0 Å². The number of likely N-dealkylation sites (tertiary alicyclic amines) is 1. The van der Waals surface area contributed by atoms with Crippen molar-refractivity contribution in [1.29, 1.82) is 0 Å². The highest BCUT2D eigenvalue weighted by Crippen LogP contribution is 2.39. The van der Waals surface area contributed by atoms with Crippen LogP contribution in [0.4, 0.5) is 4.79 Å². The number of nitrogens with zero attached hydrogens (tertiary/aromatic N) is 1. The summed E-state index contributed by atoms with van der Waals surface area (Å²) in [5.41, 5.74) is -0.463. The van der Waals surface area contributed by atoms with Crippen molar-refractivity contribution in [2.75, 3.05) is 13.1 Å². The van der Waals surface area contributed by atoms with Gasteiger partial charge in [-0.1, -0.05) is 0 Å². The molecule has 1 heterocycles. The summed E-state index contributed by atoms with van der Waals surface area (Å²) in [6.07, 6.45) is 3.06. The second-order valence-electron chi connectivity index (χ2n) is 7.08. The van der Waals surface area contributed by atoms with Gasteiger partial charge in [0.1, 0.15) is 5.60 Å². The first-order chi connectivity index (χ1) is 9.26. The van der Waals surface area contributed by atoms with E-state index in [1.807, 2.05) is 20.8 Å². The van der Waals surface area contributed by atoms with E-state index in [4.69, 9.17) is 9.84 Å². The number of amides is 1.